The molecule has 0 aliphatic heterocycles. The average Bonchev–Trinajstić information content (AvgIpc) is 3.07. The molecule has 0 radical (unpaired) electrons. The summed E-state index contributed by atoms with van der Waals surface area (Å²) in [7, 11) is 0. The molecule has 7 heteroatoms. The van der Waals surface area contributed by atoms with Crippen molar-refractivity contribution in [3.8, 4) is 0 Å². The van der Waals surface area contributed by atoms with Crippen LogP contribution in [0.1, 0.15) is 36.0 Å². The molecular formula is C13H12N4O2S. The molecule has 3 aromatic rings. The minimum absolute atomic E-state index is 0.0720. The smallest absolute Gasteiger partial charge is 0.264 e. The lowest BCUT2D eigenvalue weighted by atomic mass is 10.3. The van der Waals surface area contributed by atoms with Gasteiger partial charge in [0.05, 0.1) is 29.6 Å². The van der Waals surface area contributed by atoms with E-state index in [2.05, 4.69) is 14.3 Å². The lowest BCUT2D eigenvalue weighted by Crippen LogP contribution is -2.21. The van der Waals surface area contributed by atoms with Gasteiger partial charge in [-0.1, -0.05) is 0 Å². The van der Waals surface area contributed by atoms with Gasteiger partial charge >= 0.3 is 0 Å². The maximum Gasteiger partial charge on any atom is 0.264 e. The summed E-state index contributed by atoms with van der Waals surface area (Å²) < 4.78 is 11.2. The minimum Gasteiger partial charge on any atom is -0.448 e. The quantitative estimate of drug-likeness (QED) is 0.737. The number of aryl methyl sites for hydroxylation is 1. The van der Waals surface area contributed by atoms with Crippen molar-refractivity contribution >= 4 is 21.7 Å². The molecule has 0 unspecified atom stereocenters. The standard InChI is InChI=1S/C13H12N4O2S/c1-7-10-12(20-16-7)14-6-17(13(10)18)4-9-5-19-11(15-9)8-2-3-8/h5-6,8H,2-4H2,1H3. The predicted octanol–water partition coefficient (Wildman–Crippen LogP) is 2.08. The van der Waals surface area contributed by atoms with Crippen molar-refractivity contribution < 1.29 is 4.42 Å². The summed E-state index contributed by atoms with van der Waals surface area (Å²) in [4.78, 5) is 21.8. The summed E-state index contributed by atoms with van der Waals surface area (Å²) in [5, 5.41) is 0.600. The normalized spacial score (nSPS) is 15.1. The maximum absolute atomic E-state index is 12.4. The highest BCUT2D eigenvalue weighted by Crippen LogP contribution is 2.39. The number of hydrogen-bond acceptors (Lipinski definition) is 6. The van der Waals surface area contributed by atoms with Gasteiger partial charge in [0, 0.05) is 5.92 Å². The van der Waals surface area contributed by atoms with Gasteiger partial charge in [0.1, 0.15) is 6.26 Å². The lowest BCUT2D eigenvalue weighted by molar-refractivity contribution is 0.496. The third kappa shape index (κ3) is 1.85. The van der Waals surface area contributed by atoms with Crippen LogP contribution in [0.2, 0.25) is 0 Å². The largest absolute Gasteiger partial charge is 0.448 e. The van der Waals surface area contributed by atoms with Crippen LogP contribution >= 0.6 is 11.5 Å². The number of hydrogen-bond donors (Lipinski definition) is 0. The zero-order valence-corrected chi connectivity index (χ0v) is 11.7. The molecule has 1 fully saturated rings. The summed E-state index contributed by atoms with van der Waals surface area (Å²) >= 11 is 1.25. The molecule has 0 bridgehead atoms. The van der Waals surface area contributed by atoms with Crippen LogP contribution in [0.3, 0.4) is 0 Å². The highest BCUT2D eigenvalue weighted by atomic mass is 32.1. The lowest BCUT2D eigenvalue weighted by Gasteiger charge is -2.01. The van der Waals surface area contributed by atoms with Crippen molar-refractivity contribution in [2.24, 2.45) is 0 Å². The van der Waals surface area contributed by atoms with E-state index in [9.17, 15) is 4.79 Å². The van der Waals surface area contributed by atoms with Gasteiger partial charge < -0.3 is 4.42 Å². The van der Waals surface area contributed by atoms with E-state index in [1.54, 1.807) is 17.2 Å². The van der Waals surface area contributed by atoms with E-state index in [1.807, 2.05) is 6.92 Å². The van der Waals surface area contributed by atoms with Gasteiger partial charge in [-0.05, 0) is 31.3 Å². The Bertz CT molecular complexity index is 844. The van der Waals surface area contributed by atoms with Crippen LogP contribution in [0.15, 0.2) is 21.8 Å². The van der Waals surface area contributed by atoms with Crippen LogP contribution in [0.4, 0.5) is 0 Å². The van der Waals surface area contributed by atoms with Gasteiger partial charge in [-0.25, -0.2) is 9.97 Å². The van der Waals surface area contributed by atoms with E-state index < -0.39 is 0 Å². The fraction of sp³-hybridized carbons (Fsp3) is 0.385. The molecule has 0 spiro atoms. The van der Waals surface area contributed by atoms with E-state index in [4.69, 9.17) is 4.42 Å². The Kier molecular flexibility index (Phi) is 2.50. The van der Waals surface area contributed by atoms with E-state index >= 15 is 0 Å². The van der Waals surface area contributed by atoms with Crippen LogP contribution in [0.25, 0.3) is 10.2 Å². The summed E-state index contributed by atoms with van der Waals surface area (Å²) in [5.41, 5.74) is 1.42. The first-order valence-electron chi connectivity index (χ1n) is 6.48. The molecule has 20 heavy (non-hydrogen) atoms. The number of rotatable bonds is 3. The zero-order valence-electron chi connectivity index (χ0n) is 10.9. The molecule has 102 valence electrons. The molecule has 0 N–H and O–H groups in total. The second kappa shape index (κ2) is 4.24. The summed E-state index contributed by atoms with van der Waals surface area (Å²) in [5.74, 6) is 1.26. The Balaban J connectivity index is 1.72. The van der Waals surface area contributed by atoms with Crippen molar-refractivity contribution in [1.82, 2.24) is 18.9 Å². The monoisotopic (exact) mass is 288 g/mol. The Labute approximate surface area is 118 Å². The van der Waals surface area contributed by atoms with Gasteiger partial charge in [-0.2, -0.15) is 4.37 Å². The number of nitrogens with zero attached hydrogens (tertiary/aromatic N) is 4. The van der Waals surface area contributed by atoms with Crippen molar-refractivity contribution in [2.75, 3.05) is 0 Å². The summed E-state index contributed by atoms with van der Waals surface area (Å²) in [6, 6.07) is 0. The van der Waals surface area contributed by atoms with Crippen molar-refractivity contribution in [1.29, 1.82) is 0 Å². The van der Waals surface area contributed by atoms with Gasteiger partial charge in [-0.15, -0.1) is 0 Å². The Hall–Kier alpha value is -2.02. The molecular weight excluding hydrogens is 276 g/mol. The van der Waals surface area contributed by atoms with Crippen molar-refractivity contribution in [3.05, 3.63) is 40.2 Å². The SMILES string of the molecule is Cc1nsc2ncn(Cc3coc(C4CC4)n3)c(=O)c12. The highest BCUT2D eigenvalue weighted by Gasteiger charge is 2.28. The van der Waals surface area contributed by atoms with Crippen LogP contribution < -0.4 is 5.56 Å². The zero-order chi connectivity index (χ0) is 13.7. The Morgan fingerprint density at radius 2 is 2.35 bits per heavy atom. The summed E-state index contributed by atoms with van der Waals surface area (Å²) in [6.45, 7) is 2.21. The van der Waals surface area contributed by atoms with Crippen LogP contribution in [0.5, 0.6) is 0 Å². The fourth-order valence-corrected chi connectivity index (χ4v) is 2.95. The minimum atomic E-state index is -0.0720. The van der Waals surface area contributed by atoms with Gasteiger partial charge in [0.2, 0.25) is 0 Å². The predicted molar refractivity (Wildman–Crippen MR) is 74.0 cm³/mol. The van der Waals surface area contributed by atoms with Crippen molar-refractivity contribution in [2.45, 2.75) is 32.2 Å². The molecule has 0 atom stereocenters. The van der Waals surface area contributed by atoms with E-state index in [-0.39, 0.29) is 5.56 Å². The fourth-order valence-electron chi connectivity index (χ4n) is 2.21. The molecule has 0 aromatic carbocycles. The first-order chi connectivity index (χ1) is 9.72. The molecule has 6 nitrogen and oxygen atoms in total. The molecule has 1 saturated carbocycles. The average molecular weight is 288 g/mol. The third-order valence-electron chi connectivity index (χ3n) is 3.46. The maximum atomic E-state index is 12.4. The molecule has 0 saturated heterocycles. The molecule has 1 aliphatic rings. The first kappa shape index (κ1) is 11.8. The van der Waals surface area contributed by atoms with Gasteiger partial charge in [-0.3, -0.25) is 9.36 Å². The molecule has 4 rings (SSSR count). The van der Waals surface area contributed by atoms with E-state index in [0.29, 0.717) is 22.7 Å². The highest BCUT2D eigenvalue weighted by molar-refractivity contribution is 7.12. The Morgan fingerprint density at radius 1 is 1.50 bits per heavy atom. The molecule has 3 aromatic heterocycles. The number of fused-ring (bicyclic) bond motifs is 1. The third-order valence-corrected chi connectivity index (χ3v) is 4.31. The molecule has 1 aliphatic carbocycles. The number of oxazole rings is 1. The second-order valence-electron chi connectivity index (χ2n) is 5.08. The molecule has 0 amide bonds. The van der Waals surface area contributed by atoms with Crippen LogP contribution in [0, 0.1) is 6.92 Å². The summed E-state index contributed by atoms with van der Waals surface area (Å²) in [6.07, 6.45) is 5.47. The van der Waals surface area contributed by atoms with Crippen molar-refractivity contribution in [3.63, 3.8) is 0 Å². The second-order valence-corrected chi connectivity index (χ2v) is 5.83. The van der Waals surface area contributed by atoms with Crippen LogP contribution in [-0.4, -0.2) is 18.9 Å². The topological polar surface area (TPSA) is 73.8 Å². The Morgan fingerprint density at radius 3 is 3.15 bits per heavy atom. The van der Waals surface area contributed by atoms with E-state index in [0.717, 1.165) is 30.1 Å². The first-order valence-corrected chi connectivity index (χ1v) is 7.25. The van der Waals surface area contributed by atoms with Crippen LogP contribution in [-0.2, 0) is 6.54 Å². The van der Waals surface area contributed by atoms with Gasteiger partial charge in [0.25, 0.3) is 5.56 Å². The van der Waals surface area contributed by atoms with Gasteiger partial charge in [0.15, 0.2) is 10.7 Å². The number of aromatic nitrogens is 4. The van der Waals surface area contributed by atoms with E-state index in [1.165, 1.54) is 11.5 Å². The molecule has 3 heterocycles.